The van der Waals surface area contributed by atoms with Crippen molar-refractivity contribution in [2.75, 3.05) is 4.90 Å². The fourth-order valence-electron chi connectivity index (χ4n) is 3.36. The van der Waals surface area contributed by atoms with E-state index in [1.54, 1.807) is 36.4 Å². The third kappa shape index (κ3) is 3.42. The summed E-state index contributed by atoms with van der Waals surface area (Å²) >= 11 is 4.71. The van der Waals surface area contributed by atoms with E-state index in [-0.39, 0.29) is 16.8 Å². The molecule has 0 radical (unpaired) electrons. The minimum atomic E-state index is -0.850. The molecule has 1 N–H and O–H groups in total. The van der Waals surface area contributed by atoms with E-state index in [9.17, 15) is 24.8 Å². The topological polar surface area (TPSA) is 101 Å². The lowest BCUT2D eigenvalue weighted by Gasteiger charge is -2.24. The van der Waals surface area contributed by atoms with E-state index in [4.69, 9.17) is 0 Å². The van der Waals surface area contributed by atoms with E-state index in [1.807, 2.05) is 5.38 Å². The summed E-state index contributed by atoms with van der Waals surface area (Å²) in [5, 5.41) is 23.9. The Morgan fingerprint density at radius 2 is 1.87 bits per heavy atom. The van der Waals surface area contributed by atoms with Gasteiger partial charge in [-0.15, -0.1) is 11.3 Å². The van der Waals surface area contributed by atoms with Crippen LogP contribution in [0.15, 0.2) is 76.1 Å². The zero-order chi connectivity index (χ0) is 21.4. The van der Waals surface area contributed by atoms with Crippen LogP contribution in [0.3, 0.4) is 0 Å². The molecule has 3 aromatic rings. The van der Waals surface area contributed by atoms with Gasteiger partial charge in [0.25, 0.3) is 17.4 Å². The number of hydrogen-bond donors (Lipinski definition) is 1. The highest BCUT2D eigenvalue weighted by molar-refractivity contribution is 9.10. The van der Waals surface area contributed by atoms with Crippen molar-refractivity contribution >= 4 is 56.1 Å². The quantitative estimate of drug-likeness (QED) is 0.183. The molecule has 1 atom stereocenters. The second-order valence-electron chi connectivity index (χ2n) is 6.47. The summed E-state index contributed by atoms with van der Waals surface area (Å²) in [6.07, 6.45) is 0. The van der Waals surface area contributed by atoms with Crippen molar-refractivity contribution in [3.05, 3.63) is 96.6 Å². The molecule has 2 aromatic carbocycles. The Hall–Kier alpha value is -3.30. The van der Waals surface area contributed by atoms with Crippen LogP contribution in [0.4, 0.5) is 11.4 Å². The molecule has 1 fully saturated rings. The highest BCUT2D eigenvalue weighted by Gasteiger charge is 2.47. The summed E-state index contributed by atoms with van der Waals surface area (Å²) < 4.78 is 0.727. The predicted molar refractivity (Wildman–Crippen MR) is 116 cm³/mol. The standard InChI is InChI=1S/C21H13BrN2O5S/c22-13-5-2-6-14(11-13)23-18(16-8-3-9-30-16)17(20(26)21(23)27)19(25)12-4-1-7-15(10-12)24(28)29/h1-11,18,25H/b19-17-. The average Bonchev–Trinajstić information content (AvgIpc) is 3.35. The molecule has 7 nitrogen and oxygen atoms in total. The molecule has 30 heavy (non-hydrogen) atoms. The number of non-ortho nitro benzene ring substituents is 1. The Labute approximate surface area is 183 Å². The van der Waals surface area contributed by atoms with Crippen LogP contribution in [0.25, 0.3) is 5.76 Å². The van der Waals surface area contributed by atoms with Gasteiger partial charge < -0.3 is 5.11 Å². The summed E-state index contributed by atoms with van der Waals surface area (Å²) in [4.78, 5) is 38.5. The fraction of sp³-hybridized carbons (Fsp3) is 0.0476. The average molecular weight is 485 g/mol. The molecule has 0 spiro atoms. The molecule has 0 aliphatic carbocycles. The highest BCUT2D eigenvalue weighted by Crippen LogP contribution is 2.44. The molecule has 1 amide bonds. The van der Waals surface area contributed by atoms with E-state index in [0.29, 0.717) is 10.6 Å². The molecule has 0 bridgehead atoms. The Balaban J connectivity index is 1.93. The van der Waals surface area contributed by atoms with Crippen LogP contribution in [0.1, 0.15) is 16.5 Å². The zero-order valence-corrected chi connectivity index (χ0v) is 17.6. The number of nitro groups is 1. The van der Waals surface area contributed by atoms with E-state index in [2.05, 4.69) is 15.9 Å². The van der Waals surface area contributed by atoms with Gasteiger partial charge in [0.2, 0.25) is 0 Å². The minimum Gasteiger partial charge on any atom is -0.507 e. The van der Waals surface area contributed by atoms with E-state index < -0.39 is 28.4 Å². The molecule has 150 valence electrons. The van der Waals surface area contributed by atoms with E-state index in [0.717, 1.165) is 4.47 Å². The van der Waals surface area contributed by atoms with Gasteiger partial charge in [0.1, 0.15) is 11.8 Å². The predicted octanol–water partition coefficient (Wildman–Crippen LogP) is 5.05. The lowest BCUT2D eigenvalue weighted by Crippen LogP contribution is -2.29. The summed E-state index contributed by atoms with van der Waals surface area (Å²) in [7, 11) is 0. The molecule has 0 saturated carbocycles. The number of carbonyl (C=O) groups is 2. The molecule has 1 aliphatic heterocycles. The number of Topliss-reactive ketones (excluding diaryl/α,β-unsaturated/α-hetero) is 1. The number of anilines is 1. The summed E-state index contributed by atoms with van der Waals surface area (Å²) in [5.74, 6) is -2.08. The Bertz CT molecular complexity index is 1210. The van der Waals surface area contributed by atoms with Gasteiger partial charge in [0.15, 0.2) is 0 Å². The lowest BCUT2D eigenvalue weighted by molar-refractivity contribution is -0.384. The van der Waals surface area contributed by atoms with Crippen LogP contribution in [-0.4, -0.2) is 21.7 Å². The molecule has 1 unspecified atom stereocenters. The van der Waals surface area contributed by atoms with Crippen molar-refractivity contribution in [3.63, 3.8) is 0 Å². The summed E-state index contributed by atoms with van der Waals surface area (Å²) in [6, 6.07) is 15.0. The number of amides is 1. The summed E-state index contributed by atoms with van der Waals surface area (Å²) in [6.45, 7) is 0. The van der Waals surface area contributed by atoms with Crippen molar-refractivity contribution < 1.29 is 19.6 Å². The SMILES string of the molecule is O=C1C(=O)N(c2cccc(Br)c2)C(c2cccs2)/C1=C(/O)c1cccc([N+](=O)[O-])c1. The number of carbonyl (C=O) groups excluding carboxylic acids is 2. The van der Waals surface area contributed by atoms with Crippen molar-refractivity contribution in [1.82, 2.24) is 0 Å². The maximum atomic E-state index is 13.0. The van der Waals surface area contributed by atoms with Crippen LogP contribution in [0.2, 0.25) is 0 Å². The molecule has 1 aliphatic rings. The number of benzene rings is 2. The molecule has 9 heteroatoms. The van der Waals surface area contributed by atoms with Crippen molar-refractivity contribution in [2.45, 2.75) is 6.04 Å². The van der Waals surface area contributed by atoms with Gasteiger partial charge in [-0.1, -0.05) is 40.2 Å². The number of nitrogens with zero attached hydrogens (tertiary/aromatic N) is 2. The third-order valence-electron chi connectivity index (χ3n) is 4.67. The normalized spacial score (nSPS) is 18.0. The zero-order valence-electron chi connectivity index (χ0n) is 15.2. The van der Waals surface area contributed by atoms with Gasteiger partial charge in [-0.25, -0.2) is 0 Å². The molecule has 4 rings (SSSR count). The second kappa shape index (κ2) is 7.85. The maximum Gasteiger partial charge on any atom is 0.300 e. The third-order valence-corrected chi connectivity index (χ3v) is 6.09. The molecular weight excluding hydrogens is 472 g/mol. The van der Waals surface area contributed by atoms with Gasteiger partial charge in [-0.05, 0) is 29.6 Å². The fourth-order valence-corrected chi connectivity index (χ4v) is 4.57. The number of aliphatic hydroxyl groups excluding tert-OH is 1. The Morgan fingerprint density at radius 3 is 2.53 bits per heavy atom. The lowest BCUT2D eigenvalue weighted by atomic mass is 9.99. The number of thiophene rings is 1. The maximum absolute atomic E-state index is 13.0. The number of rotatable bonds is 4. The van der Waals surface area contributed by atoms with Gasteiger partial charge >= 0.3 is 0 Å². The molecule has 1 saturated heterocycles. The monoisotopic (exact) mass is 484 g/mol. The number of hydrogen-bond acceptors (Lipinski definition) is 6. The Kier molecular flexibility index (Phi) is 5.23. The van der Waals surface area contributed by atoms with Gasteiger partial charge in [-0.3, -0.25) is 24.6 Å². The highest BCUT2D eigenvalue weighted by atomic mass is 79.9. The number of ketones is 1. The smallest absolute Gasteiger partial charge is 0.300 e. The first-order chi connectivity index (χ1) is 14.4. The Morgan fingerprint density at radius 1 is 1.10 bits per heavy atom. The van der Waals surface area contributed by atoms with Crippen LogP contribution in [0.5, 0.6) is 0 Å². The number of nitro benzene ring substituents is 1. The first-order valence-corrected chi connectivity index (χ1v) is 10.4. The van der Waals surface area contributed by atoms with E-state index >= 15 is 0 Å². The minimum absolute atomic E-state index is 0.0954. The van der Waals surface area contributed by atoms with E-state index in [1.165, 1.54) is 40.5 Å². The number of halogens is 1. The molecular formula is C21H13BrN2O5S. The largest absolute Gasteiger partial charge is 0.507 e. The van der Waals surface area contributed by atoms with Crippen molar-refractivity contribution in [2.24, 2.45) is 0 Å². The number of aliphatic hydroxyl groups is 1. The van der Waals surface area contributed by atoms with Crippen LogP contribution >= 0.6 is 27.3 Å². The molecule has 1 aromatic heterocycles. The first kappa shape index (κ1) is 20.0. The van der Waals surface area contributed by atoms with Crippen molar-refractivity contribution in [1.29, 1.82) is 0 Å². The second-order valence-corrected chi connectivity index (χ2v) is 8.37. The van der Waals surface area contributed by atoms with Gasteiger partial charge in [0, 0.05) is 32.7 Å². The van der Waals surface area contributed by atoms with Gasteiger partial charge in [-0.2, -0.15) is 0 Å². The van der Waals surface area contributed by atoms with Crippen LogP contribution in [0, 0.1) is 10.1 Å². The summed E-state index contributed by atoms with van der Waals surface area (Å²) in [5.41, 5.74) is 0.247. The van der Waals surface area contributed by atoms with Gasteiger partial charge in [0.05, 0.1) is 10.5 Å². The molecule has 2 heterocycles. The van der Waals surface area contributed by atoms with Crippen molar-refractivity contribution in [3.8, 4) is 0 Å². The van der Waals surface area contributed by atoms with Crippen LogP contribution in [-0.2, 0) is 9.59 Å². The first-order valence-electron chi connectivity index (χ1n) is 8.73. The van der Waals surface area contributed by atoms with Crippen LogP contribution < -0.4 is 4.90 Å².